The van der Waals surface area contributed by atoms with Gasteiger partial charge in [-0.25, -0.2) is 4.98 Å². The molecular formula is C19H19N3O4. The van der Waals surface area contributed by atoms with Crippen LogP contribution in [0.2, 0.25) is 0 Å². The number of nitrogens with zero attached hydrogens (tertiary/aromatic N) is 2. The second-order valence-corrected chi connectivity index (χ2v) is 6.26. The molecule has 0 unspecified atom stereocenters. The van der Waals surface area contributed by atoms with Gasteiger partial charge < -0.3 is 14.8 Å². The molecule has 2 aliphatic heterocycles. The van der Waals surface area contributed by atoms with Crippen LogP contribution in [0.25, 0.3) is 0 Å². The lowest BCUT2D eigenvalue weighted by molar-refractivity contribution is -0.120. The zero-order valence-electron chi connectivity index (χ0n) is 14.2. The summed E-state index contributed by atoms with van der Waals surface area (Å²) in [5.74, 6) is 0.179. The fourth-order valence-corrected chi connectivity index (χ4v) is 3.15. The molecule has 1 aromatic carbocycles. The Morgan fingerprint density at radius 2 is 2.15 bits per heavy atom. The fourth-order valence-electron chi connectivity index (χ4n) is 3.15. The van der Waals surface area contributed by atoms with Crippen LogP contribution in [0.1, 0.15) is 23.2 Å². The van der Waals surface area contributed by atoms with Crippen molar-refractivity contribution >= 4 is 17.5 Å². The van der Waals surface area contributed by atoms with Gasteiger partial charge in [-0.3, -0.25) is 14.5 Å². The maximum absolute atomic E-state index is 13.0. The van der Waals surface area contributed by atoms with Crippen LogP contribution < -0.4 is 15.0 Å². The molecular weight excluding hydrogens is 334 g/mol. The van der Waals surface area contributed by atoms with Crippen molar-refractivity contribution < 1.29 is 19.1 Å². The SMILES string of the molecule is O=C(CN1C(=O)c2cccnc2Oc2ccccc21)NC[C@H]1CCCO1. The number of aromatic nitrogens is 1. The number of benzene rings is 1. The zero-order chi connectivity index (χ0) is 17.9. The third-order valence-electron chi connectivity index (χ3n) is 4.46. The molecule has 7 nitrogen and oxygen atoms in total. The molecule has 1 atom stereocenters. The van der Waals surface area contributed by atoms with Crippen LogP contribution in [-0.4, -0.2) is 42.6 Å². The minimum absolute atomic E-state index is 0.0549. The Bertz CT molecular complexity index is 833. The summed E-state index contributed by atoms with van der Waals surface area (Å²) >= 11 is 0. The summed E-state index contributed by atoms with van der Waals surface area (Å²) in [6, 6.07) is 10.4. The van der Waals surface area contributed by atoms with Gasteiger partial charge in [-0.2, -0.15) is 0 Å². The van der Waals surface area contributed by atoms with E-state index in [2.05, 4.69) is 10.3 Å². The van der Waals surface area contributed by atoms with Gasteiger partial charge in [0, 0.05) is 19.3 Å². The summed E-state index contributed by atoms with van der Waals surface area (Å²) in [5.41, 5.74) is 0.874. The standard InChI is InChI=1S/C19H19N3O4/c23-17(21-11-13-5-4-10-25-13)12-22-15-7-1-2-8-16(15)26-18-14(19(22)24)6-3-9-20-18/h1-3,6-9,13H,4-5,10-12H2,(H,21,23)/t13-/m1/s1. The normalized spacial score (nSPS) is 18.5. The molecule has 26 heavy (non-hydrogen) atoms. The molecule has 2 amide bonds. The molecule has 0 radical (unpaired) electrons. The minimum Gasteiger partial charge on any atom is -0.436 e. The number of hydrogen-bond donors (Lipinski definition) is 1. The molecule has 0 saturated carbocycles. The van der Waals surface area contributed by atoms with Gasteiger partial charge in [0.15, 0.2) is 5.75 Å². The number of fused-ring (bicyclic) bond motifs is 2. The molecule has 2 aromatic rings. The molecule has 1 aromatic heterocycles. The molecule has 0 bridgehead atoms. The van der Waals surface area contributed by atoms with Gasteiger partial charge in [0.05, 0.1) is 11.8 Å². The lowest BCUT2D eigenvalue weighted by Crippen LogP contribution is -2.42. The van der Waals surface area contributed by atoms with E-state index in [1.54, 1.807) is 36.5 Å². The van der Waals surface area contributed by atoms with Crippen LogP contribution in [-0.2, 0) is 9.53 Å². The van der Waals surface area contributed by atoms with E-state index in [9.17, 15) is 9.59 Å². The smallest absolute Gasteiger partial charge is 0.264 e. The third kappa shape index (κ3) is 3.25. The number of anilines is 1. The van der Waals surface area contributed by atoms with Gasteiger partial charge in [0.1, 0.15) is 12.1 Å². The Kier molecular flexibility index (Phi) is 4.53. The lowest BCUT2D eigenvalue weighted by Gasteiger charge is -2.21. The fraction of sp³-hybridized carbons (Fsp3) is 0.316. The summed E-state index contributed by atoms with van der Waals surface area (Å²) in [5, 5.41) is 2.85. The number of rotatable bonds is 4. The highest BCUT2D eigenvalue weighted by atomic mass is 16.5. The van der Waals surface area contributed by atoms with Crippen molar-refractivity contribution in [3.63, 3.8) is 0 Å². The summed E-state index contributed by atoms with van der Waals surface area (Å²) in [6.07, 6.45) is 3.58. The average molecular weight is 353 g/mol. The molecule has 0 spiro atoms. The Balaban J connectivity index is 1.57. The van der Waals surface area contributed by atoms with E-state index in [4.69, 9.17) is 9.47 Å². The van der Waals surface area contributed by atoms with E-state index in [1.165, 1.54) is 4.90 Å². The van der Waals surface area contributed by atoms with E-state index >= 15 is 0 Å². The van der Waals surface area contributed by atoms with Crippen LogP contribution in [0, 0.1) is 0 Å². The van der Waals surface area contributed by atoms with Crippen molar-refractivity contribution in [2.24, 2.45) is 0 Å². The molecule has 1 saturated heterocycles. The van der Waals surface area contributed by atoms with Crippen LogP contribution in [0.15, 0.2) is 42.6 Å². The number of amides is 2. The first-order valence-corrected chi connectivity index (χ1v) is 8.64. The maximum Gasteiger partial charge on any atom is 0.264 e. The number of carbonyl (C=O) groups is 2. The highest BCUT2D eigenvalue weighted by Gasteiger charge is 2.30. The molecule has 1 N–H and O–H groups in total. The first kappa shape index (κ1) is 16.5. The second-order valence-electron chi connectivity index (χ2n) is 6.26. The van der Waals surface area contributed by atoms with Gasteiger partial charge in [-0.05, 0) is 37.1 Å². The quantitative estimate of drug-likeness (QED) is 0.911. The van der Waals surface area contributed by atoms with Crippen molar-refractivity contribution in [2.75, 3.05) is 24.6 Å². The highest BCUT2D eigenvalue weighted by molar-refractivity contribution is 6.11. The molecule has 134 valence electrons. The van der Waals surface area contributed by atoms with Crippen molar-refractivity contribution in [3.05, 3.63) is 48.2 Å². The topological polar surface area (TPSA) is 80.8 Å². The van der Waals surface area contributed by atoms with E-state index in [0.717, 1.165) is 19.4 Å². The summed E-state index contributed by atoms with van der Waals surface area (Å²) in [4.78, 5) is 31.0. The zero-order valence-corrected chi connectivity index (χ0v) is 14.2. The lowest BCUT2D eigenvalue weighted by atomic mass is 10.2. The molecule has 3 heterocycles. The van der Waals surface area contributed by atoms with Gasteiger partial charge in [0.25, 0.3) is 5.91 Å². The van der Waals surface area contributed by atoms with E-state index in [-0.39, 0.29) is 30.3 Å². The summed E-state index contributed by atoms with van der Waals surface area (Å²) in [7, 11) is 0. The van der Waals surface area contributed by atoms with Crippen LogP contribution in [0.3, 0.4) is 0 Å². The molecule has 2 aliphatic rings. The predicted octanol–water partition coefficient (Wildman–Crippen LogP) is 2.13. The van der Waals surface area contributed by atoms with Gasteiger partial charge >= 0.3 is 0 Å². The molecule has 1 fully saturated rings. The first-order valence-electron chi connectivity index (χ1n) is 8.64. The predicted molar refractivity (Wildman–Crippen MR) is 94.4 cm³/mol. The van der Waals surface area contributed by atoms with Crippen molar-refractivity contribution in [1.29, 1.82) is 0 Å². The number of para-hydroxylation sites is 2. The van der Waals surface area contributed by atoms with E-state index < -0.39 is 0 Å². The number of hydrogen-bond acceptors (Lipinski definition) is 5. The first-order chi connectivity index (χ1) is 12.7. The summed E-state index contributed by atoms with van der Waals surface area (Å²) < 4.78 is 11.3. The molecule has 0 aliphatic carbocycles. The van der Waals surface area contributed by atoms with Crippen molar-refractivity contribution in [2.45, 2.75) is 18.9 Å². The van der Waals surface area contributed by atoms with Crippen LogP contribution >= 0.6 is 0 Å². The van der Waals surface area contributed by atoms with E-state index in [0.29, 0.717) is 23.5 Å². The highest BCUT2D eigenvalue weighted by Crippen LogP contribution is 2.37. The number of ether oxygens (including phenoxy) is 2. The third-order valence-corrected chi connectivity index (χ3v) is 4.46. The van der Waals surface area contributed by atoms with Crippen molar-refractivity contribution in [3.8, 4) is 11.6 Å². The van der Waals surface area contributed by atoms with Crippen molar-refractivity contribution in [1.82, 2.24) is 10.3 Å². The average Bonchev–Trinajstić information content (AvgIpc) is 3.15. The number of nitrogens with one attached hydrogen (secondary N) is 1. The number of pyridine rings is 1. The van der Waals surface area contributed by atoms with Gasteiger partial charge in [0.2, 0.25) is 11.8 Å². The van der Waals surface area contributed by atoms with Crippen LogP contribution in [0.5, 0.6) is 11.6 Å². The Hall–Kier alpha value is -2.93. The van der Waals surface area contributed by atoms with E-state index in [1.807, 2.05) is 6.07 Å². The van der Waals surface area contributed by atoms with Crippen LogP contribution in [0.4, 0.5) is 5.69 Å². The van der Waals surface area contributed by atoms with Gasteiger partial charge in [-0.1, -0.05) is 12.1 Å². The number of carbonyl (C=O) groups excluding carboxylic acids is 2. The second kappa shape index (κ2) is 7.13. The van der Waals surface area contributed by atoms with Gasteiger partial charge in [-0.15, -0.1) is 0 Å². The molecule has 7 heteroatoms. The largest absolute Gasteiger partial charge is 0.436 e. The monoisotopic (exact) mass is 353 g/mol. The maximum atomic E-state index is 13.0. The Morgan fingerprint density at radius 3 is 3.00 bits per heavy atom. The Morgan fingerprint density at radius 1 is 1.27 bits per heavy atom. The Labute approximate surface area is 150 Å². The molecule has 4 rings (SSSR count). The minimum atomic E-state index is -0.315. The summed E-state index contributed by atoms with van der Waals surface area (Å²) in [6.45, 7) is 1.09.